The van der Waals surface area contributed by atoms with Crippen LogP contribution >= 0.6 is 0 Å². The summed E-state index contributed by atoms with van der Waals surface area (Å²) in [5, 5.41) is 0. The molecule has 0 aromatic rings. The second kappa shape index (κ2) is 15.7. The zero-order valence-corrected chi connectivity index (χ0v) is 15.9. The largest absolute Gasteiger partial charge is 0.378 e. The summed E-state index contributed by atoms with van der Waals surface area (Å²) in [6.07, 6.45) is 21.0. The molecule has 0 unspecified atom stereocenters. The summed E-state index contributed by atoms with van der Waals surface area (Å²) < 4.78 is 5.28. The van der Waals surface area contributed by atoms with Crippen LogP contribution in [0.4, 0.5) is 0 Å². The van der Waals surface area contributed by atoms with Crippen molar-refractivity contribution >= 4 is 5.91 Å². The monoisotopic (exact) mass is 337 g/mol. The third-order valence-corrected chi connectivity index (χ3v) is 4.86. The molecule has 0 aliphatic carbocycles. The molecule has 0 aromatic heterocycles. The van der Waals surface area contributed by atoms with Crippen LogP contribution in [0.2, 0.25) is 0 Å². The molecule has 1 amide bonds. The second-order valence-electron chi connectivity index (χ2n) is 6.99. The Morgan fingerprint density at radius 3 is 1.88 bits per heavy atom. The number of rotatable bonds is 14. The number of allylic oxidation sites excluding steroid dienone is 2. The molecule has 1 heterocycles. The molecular weight excluding hydrogens is 298 g/mol. The van der Waals surface area contributed by atoms with Gasteiger partial charge in [-0.25, -0.2) is 0 Å². The van der Waals surface area contributed by atoms with Gasteiger partial charge in [0.05, 0.1) is 13.2 Å². The van der Waals surface area contributed by atoms with Gasteiger partial charge in [-0.15, -0.1) is 0 Å². The molecule has 0 atom stereocenters. The van der Waals surface area contributed by atoms with Crippen LogP contribution in [0.5, 0.6) is 0 Å². The van der Waals surface area contributed by atoms with Crippen molar-refractivity contribution < 1.29 is 9.53 Å². The molecule has 0 saturated carbocycles. The van der Waals surface area contributed by atoms with Crippen LogP contribution in [0.3, 0.4) is 0 Å². The van der Waals surface area contributed by atoms with Gasteiger partial charge >= 0.3 is 0 Å². The number of hydrogen-bond donors (Lipinski definition) is 0. The van der Waals surface area contributed by atoms with E-state index in [-0.39, 0.29) is 0 Å². The summed E-state index contributed by atoms with van der Waals surface area (Å²) in [5.41, 5.74) is 0. The first-order valence-electron chi connectivity index (χ1n) is 10.3. The fourth-order valence-corrected chi connectivity index (χ4v) is 3.27. The molecule has 1 aliphatic heterocycles. The molecule has 3 nitrogen and oxygen atoms in total. The molecule has 0 bridgehead atoms. The SMILES string of the molecule is CC=CCCCCCCCCCCCCCC(=O)N1CCOCC1. The molecule has 0 N–H and O–H groups in total. The van der Waals surface area contributed by atoms with Crippen molar-refractivity contribution in [3.05, 3.63) is 12.2 Å². The minimum atomic E-state index is 0.327. The number of carbonyl (C=O) groups excluding carboxylic acids is 1. The van der Waals surface area contributed by atoms with Gasteiger partial charge in [-0.05, 0) is 26.2 Å². The first-order chi connectivity index (χ1) is 11.8. The number of unbranched alkanes of at least 4 members (excludes halogenated alkanes) is 11. The summed E-state index contributed by atoms with van der Waals surface area (Å²) in [6.45, 7) is 5.09. The van der Waals surface area contributed by atoms with Crippen molar-refractivity contribution in [2.75, 3.05) is 26.3 Å². The molecule has 3 heteroatoms. The number of hydrogen-bond acceptors (Lipinski definition) is 2. The highest BCUT2D eigenvalue weighted by atomic mass is 16.5. The smallest absolute Gasteiger partial charge is 0.222 e. The quantitative estimate of drug-likeness (QED) is 0.310. The highest BCUT2D eigenvalue weighted by Crippen LogP contribution is 2.13. The van der Waals surface area contributed by atoms with Crippen molar-refractivity contribution in [1.82, 2.24) is 4.90 Å². The lowest BCUT2D eigenvalue weighted by molar-refractivity contribution is -0.135. The van der Waals surface area contributed by atoms with Crippen molar-refractivity contribution in [3.8, 4) is 0 Å². The number of nitrogens with zero attached hydrogens (tertiary/aromatic N) is 1. The average molecular weight is 338 g/mol. The van der Waals surface area contributed by atoms with Crippen molar-refractivity contribution in [2.45, 2.75) is 90.4 Å². The Hall–Kier alpha value is -0.830. The Balaban J connectivity index is 1.76. The Morgan fingerprint density at radius 1 is 0.833 bits per heavy atom. The molecule has 1 rings (SSSR count). The van der Waals surface area contributed by atoms with Gasteiger partial charge in [0.25, 0.3) is 0 Å². The highest BCUT2D eigenvalue weighted by molar-refractivity contribution is 5.76. The molecule has 140 valence electrons. The minimum absolute atomic E-state index is 0.327. The number of amides is 1. The average Bonchev–Trinajstić information content (AvgIpc) is 2.62. The second-order valence-corrected chi connectivity index (χ2v) is 6.99. The molecule has 1 aliphatic rings. The Kier molecular flexibility index (Phi) is 13.9. The van der Waals surface area contributed by atoms with Crippen molar-refractivity contribution in [2.24, 2.45) is 0 Å². The van der Waals surface area contributed by atoms with E-state index in [1.54, 1.807) is 0 Å². The molecule has 0 spiro atoms. The standard InChI is InChI=1S/C21H39NO2/c1-2-3-4-5-6-7-8-9-10-11-12-13-14-15-16-21(23)22-17-19-24-20-18-22/h2-3H,4-20H2,1H3. The molecular formula is C21H39NO2. The molecule has 0 aromatic carbocycles. The predicted octanol–water partition coefficient (Wildman–Crippen LogP) is 5.49. The maximum atomic E-state index is 12.0. The number of ether oxygens (including phenoxy) is 1. The molecule has 0 radical (unpaired) electrons. The number of morpholine rings is 1. The van der Waals surface area contributed by atoms with Gasteiger partial charge in [0.15, 0.2) is 0 Å². The van der Waals surface area contributed by atoms with Crippen LogP contribution < -0.4 is 0 Å². The van der Waals surface area contributed by atoms with Gasteiger partial charge in [-0.3, -0.25) is 4.79 Å². The van der Waals surface area contributed by atoms with Crippen LogP contribution in [0.1, 0.15) is 90.4 Å². The van der Waals surface area contributed by atoms with E-state index in [1.165, 1.54) is 70.6 Å². The lowest BCUT2D eigenvalue weighted by Crippen LogP contribution is -2.40. The Labute approximate surface area is 149 Å². The predicted molar refractivity (Wildman–Crippen MR) is 102 cm³/mol. The Morgan fingerprint density at radius 2 is 1.33 bits per heavy atom. The van der Waals surface area contributed by atoms with E-state index < -0.39 is 0 Å². The van der Waals surface area contributed by atoms with E-state index in [9.17, 15) is 4.79 Å². The summed E-state index contributed by atoms with van der Waals surface area (Å²) in [5.74, 6) is 0.327. The third kappa shape index (κ3) is 11.7. The fourth-order valence-electron chi connectivity index (χ4n) is 3.27. The van der Waals surface area contributed by atoms with E-state index in [0.29, 0.717) is 19.1 Å². The van der Waals surface area contributed by atoms with Gasteiger partial charge in [0.1, 0.15) is 0 Å². The van der Waals surface area contributed by atoms with Gasteiger partial charge < -0.3 is 9.64 Å². The first-order valence-corrected chi connectivity index (χ1v) is 10.3. The van der Waals surface area contributed by atoms with Crippen molar-refractivity contribution in [3.63, 3.8) is 0 Å². The van der Waals surface area contributed by atoms with Gasteiger partial charge in [-0.2, -0.15) is 0 Å². The first kappa shape index (κ1) is 21.2. The summed E-state index contributed by atoms with van der Waals surface area (Å²) in [4.78, 5) is 13.9. The Bertz CT molecular complexity index is 322. The lowest BCUT2D eigenvalue weighted by Gasteiger charge is -2.26. The molecule has 1 saturated heterocycles. The summed E-state index contributed by atoms with van der Waals surface area (Å²) >= 11 is 0. The van der Waals surface area contributed by atoms with Crippen LogP contribution in [-0.4, -0.2) is 37.1 Å². The zero-order valence-electron chi connectivity index (χ0n) is 15.9. The van der Waals surface area contributed by atoms with E-state index in [1.807, 2.05) is 4.90 Å². The summed E-state index contributed by atoms with van der Waals surface area (Å²) in [6, 6.07) is 0. The van der Waals surface area contributed by atoms with E-state index in [0.717, 1.165) is 25.9 Å². The molecule has 24 heavy (non-hydrogen) atoms. The maximum absolute atomic E-state index is 12.0. The van der Waals surface area contributed by atoms with Gasteiger partial charge in [-0.1, -0.05) is 69.9 Å². The number of carbonyl (C=O) groups is 1. The lowest BCUT2D eigenvalue weighted by atomic mass is 10.0. The topological polar surface area (TPSA) is 29.5 Å². The minimum Gasteiger partial charge on any atom is -0.378 e. The molecule has 1 fully saturated rings. The fraction of sp³-hybridized carbons (Fsp3) is 0.857. The van der Waals surface area contributed by atoms with Gasteiger partial charge in [0, 0.05) is 19.5 Å². The summed E-state index contributed by atoms with van der Waals surface area (Å²) in [7, 11) is 0. The van der Waals surface area contributed by atoms with Crippen LogP contribution in [-0.2, 0) is 9.53 Å². The van der Waals surface area contributed by atoms with Crippen LogP contribution in [0.25, 0.3) is 0 Å². The van der Waals surface area contributed by atoms with E-state index >= 15 is 0 Å². The maximum Gasteiger partial charge on any atom is 0.222 e. The van der Waals surface area contributed by atoms with E-state index in [4.69, 9.17) is 4.74 Å². The van der Waals surface area contributed by atoms with E-state index in [2.05, 4.69) is 19.1 Å². The zero-order chi connectivity index (χ0) is 17.3. The van der Waals surface area contributed by atoms with Gasteiger partial charge in [0.2, 0.25) is 5.91 Å². The van der Waals surface area contributed by atoms with Crippen LogP contribution in [0, 0.1) is 0 Å². The third-order valence-electron chi connectivity index (χ3n) is 4.86. The highest BCUT2D eigenvalue weighted by Gasteiger charge is 2.15. The van der Waals surface area contributed by atoms with Crippen LogP contribution in [0.15, 0.2) is 12.2 Å². The normalized spacial score (nSPS) is 15.3. The van der Waals surface area contributed by atoms with Crippen molar-refractivity contribution in [1.29, 1.82) is 0 Å².